The highest BCUT2D eigenvalue weighted by Gasteiger charge is 2.27. The predicted octanol–water partition coefficient (Wildman–Crippen LogP) is 2.85. The van der Waals surface area contributed by atoms with Crippen molar-refractivity contribution in [3.8, 4) is 12.0 Å². The van der Waals surface area contributed by atoms with Gasteiger partial charge in [-0.25, -0.2) is 0 Å². The number of nitriles is 1. The smallest absolute Gasteiger partial charge is 0.256 e. The van der Waals surface area contributed by atoms with Crippen LogP contribution < -0.4 is 5.32 Å². The minimum atomic E-state index is -0.217. The molecule has 2 aromatic rings. The van der Waals surface area contributed by atoms with Crippen molar-refractivity contribution in [1.82, 2.24) is 14.8 Å². The monoisotopic (exact) mass is 340 g/mol. The van der Waals surface area contributed by atoms with Gasteiger partial charge in [0.05, 0.1) is 0 Å². The number of carbonyl (C=O) groups is 1. The fourth-order valence-electron chi connectivity index (χ4n) is 3.43. The Balaban J connectivity index is 1.74. The van der Waals surface area contributed by atoms with Crippen molar-refractivity contribution >= 4 is 5.91 Å². The third-order valence-electron chi connectivity index (χ3n) is 4.71. The van der Waals surface area contributed by atoms with Gasteiger partial charge in [-0.1, -0.05) is 6.92 Å². The molecular formula is C19H24N4O2. The summed E-state index contributed by atoms with van der Waals surface area (Å²) in [5.41, 5.74) is 0.636. The van der Waals surface area contributed by atoms with Crippen LogP contribution in [0.15, 0.2) is 28.9 Å². The Morgan fingerprint density at radius 3 is 2.64 bits per heavy atom. The number of hydrogen-bond donors (Lipinski definition) is 1. The topological polar surface area (TPSA) is 74.2 Å². The molecule has 2 aromatic heterocycles. The summed E-state index contributed by atoms with van der Waals surface area (Å²) in [6.07, 6.45) is 6.62. The van der Waals surface area contributed by atoms with Crippen LogP contribution in [0.4, 0.5) is 0 Å². The molecule has 0 saturated carbocycles. The third-order valence-corrected chi connectivity index (χ3v) is 4.71. The van der Waals surface area contributed by atoms with E-state index in [-0.39, 0.29) is 17.5 Å². The molecule has 132 valence electrons. The van der Waals surface area contributed by atoms with Crippen molar-refractivity contribution in [2.45, 2.75) is 39.2 Å². The summed E-state index contributed by atoms with van der Waals surface area (Å²) in [5, 5.41) is 12.6. The lowest BCUT2D eigenvalue weighted by Gasteiger charge is -2.32. The van der Waals surface area contributed by atoms with E-state index in [1.807, 2.05) is 12.1 Å². The molecule has 3 heterocycles. The molecule has 0 aromatic carbocycles. The molecule has 0 bridgehead atoms. The van der Waals surface area contributed by atoms with E-state index in [1.54, 1.807) is 23.9 Å². The number of amides is 1. The number of piperidine rings is 1. The Kier molecular flexibility index (Phi) is 5.25. The van der Waals surface area contributed by atoms with Gasteiger partial charge in [0, 0.05) is 31.5 Å². The van der Waals surface area contributed by atoms with Crippen LogP contribution in [0.5, 0.6) is 0 Å². The fourth-order valence-corrected chi connectivity index (χ4v) is 3.43. The van der Waals surface area contributed by atoms with Crippen molar-refractivity contribution in [2.75, 3.05) is 19.6 Å². The average Bonchev–Trinajstić information content (AvgIpc) is 3.24. The first-order valence-electron chi connectivity index (χ1n) is 8.84. The highest BCUT2D eigenvalue weighted by atomic mass is 16.4. The first kappa shape index (κ1) is 17.3. The first-order chi connectivity index (χ1) is 12.1. The summed E-state index contributed by atoms with van der Waals surface area (Å²) in [7, 11) is 0. The van der Waals surface area contributed by atoms with Crippen molar-refractivity contribution in [3.05, 3.63) is 41.4 Å². The van der Waals surface area contributed by atoms with E-state index < -0.39 is 0 Å². The maximum absolute atomic E-state index is 12.8. The van der Waals surface area contributed by atoms with E-state index >= 15 is 0 Å². The minimum Gasteiger partial charge on any atom is -0.443 e. The summed E-state index contributed by atoms with van der Waals surface area (Å²) < 4.78 is 7.43. The molecule has 3 rings (SSSR count). The van der Waals surface area contributed by atoms with Gasteiger partial charge in [0.25, 0.3) is 5.91 Å². The number of aromatic nitrogens is 1. The second-order valence-corrected chi connectivity index (χ2v) is 6.50. The highest BCUT2D eigenvalue weighted by Crippen LogP contribution is 2.25. The number of furan rings is 1. The maximum Gasteiger partial charge on any atom is 0.256 e. The third kappa shape index (κ3) is 3.62. The quantitative estimate of drug-likeness (QED) is 0.908. The number of hydrogen-bond acceptors (Lipinski definition) is 4. The normalized spacial score (nSPS) is 15.9. The first-order valence-corrected chi connectivity index (χ1v) is 8.84. The van der Waals surface area contributed by atoms with Gasteiger partial charge in [-0.05, 0) is 44.9 Å². The Morgan fingerprint density at radius 1 is 1.36 bits per heavy atom. The number of nitrogens with one attached hydrogen (secondary N) is 1. The molecule has 6 nitrogen and oxygen atoms in total. The van der Waals surface area contributed by atoms with Crippen LogP contribution >= 0.6 is 0 Å². The Morgan fingerprint density at radius 2 is 2.04 bits per heavy atom. The summed E-state index contributed by atoms with van der Waals surface area (Å²) in [6, 6.07) is 5.98. The number of aryl methyl sites for hydroxylation is 1. The SMILES string of the molecule is CCCN1CCC(NC(=O)c2c(C)oc(-n3cccc3)c2C#N)CC1. The summed E-state index contributed by atoms with van der Waals surface area (Å²) in [5.74, 6) is 0.652. The number of likely N-dealkylation sites (tertiary alicyclic amines) is 1. The second kappa shape index (κ2) is 7.58. The molecule has 1 amide bonds. The van der Waals surface area contributed by atoms with E-state index in [0.717, 1.165) is 38.9 Å². The van der Waals surface area contributed by atoms with Gasteiger partial charge in [-0.15, -0.1) is 0 Å². The molecule has 0 spiro atoms. The van der Waals surface area contributed by atoms with Crippen molar-refractivity contribution in [3.63, 3.8) is 0 Å². The second-order valence-electron chi connectivity index (χ2n) is 6.50. The molecule has 1 N–H and O–H groups in total. The lowest BCUT2D eigenvalue weighted by Crippen LogP contribution is -2.45. The molecule has 25 heavy (non-hydrogen) atoms. The van der Waals surface area contributed by atoms with E-state index in [1.165, 1.54) is 0 Å². The van der Waals surface area contributed by atoms with Gasteiger partial charge in [0.1, 0.15) is 23.0 Å². The Hall–Kier alpha value is -2.52. The molecule has 0 unspecified atom stereocenters. The zero-order valence-electron chi connectivity index (χ0n) is 14.8. The Labute approximate surface area is 148 Å². The number of rotatable bonds is 5. The van der Waals surface area contributed by atoms with Crippen LogP contribution in [0.25, 0.3) is 5.88 Å². The van der Waals surface area contributed by atoms with Gasteiger partial charge in [-0.3, -0.25) is 9.36 Å². The number of nitrogens with zero attached hydrogens (tertiary/aromatic N) is 3. The molecule has 0 atom stereocenters. The molecule has 6 heteroatoms. The van der Waals surface area contributed by atoms with E-state index in [2.05, 4.69) is 23.2 Å². The van der Waals surface area contributed by atoms with Crippen LogP contribution in [-0.2, 0) is 0 Å². The standard InChI is InChI=1S/C19H24N4O2/c1-3-8-22-11-6-15(7-12-22)21-18(24)17-14(2)25-19(16(17)13-20)23-9-4-5-10-23/h4-5,9-10,15H,3,6-8,11-12H2,1-2H3,(H,21,24). The highest BCUT2D eigenvalue weighted by molar-refractivity contribution is 5.98. The molecule has 1 saturated heterocycles. The maximum atomic E-state index is 12.8. The lowest BCUT2D eigenvalue weighted by atomic mass is 10.0. The fraction of sp³-hybridized carbons (Fsp3) is 0.474. The van der Waals surface area contributed by atoms with Crippen LogP contribution in [0, 0.1) is 18.3 Å². The van der Waals surface area contributed by atoms with Gasteiger partial charge < -0.3 is 14.6 Å². The number of carbonyl (C=O) groups excluding carboxylic acids is 1. The largest absolute Gasteiger partial charge is 0.443 e. The summed E-state index contributed by atoms with van der Waals surface area (Å²) >= 11 is 0. The minimum absolute atomic E-state index is 0.150. The van der Waals surface area contributed by atoms with E-state index in [0.29, 0.717) is 17.2 Å². The van der Waals surface area contributed by atoms with Crippen LogP contribution in [0.1, 0.15) is 47.9 Å². The van der Waals surface area contributed by atoms with Crippen LogP contribution in [-0.4, -0.2) is 41.1 Å². The van der Waals surface area contributed by atoms with Crippen LogP contribution in [0.3, 0.4) is 0 Å². The summed E-state index contributed by atoms with van der Waals surface area (Å²) in [6.45, 7) is 7.03. The van der Waals surface area contributed by atoms with Crippen LogP contribution in [0.2, 0.25) is 0 Å². The van der Waals surface area contributed by atoms with Gasteiger partial charge >= 0.3 is 0 Å². The van der Waals surface area contributed by atoms with Gasteiger partial charge in [0.15, 0.2) is 0 Å². The van der Waals surface area contributed by atoms with Gasteiger partial charge in [-0.2, -0.15) is 5.26 Å². The molecule has 0 radical (unpaired) electrons. The molecule has 1 aliphatic rings. The summed E-state index contributed by atoms with van der Waals surface area (Å²) in [4.78, 5) is 15.2. The molecule has 1 aliphatic heterocycles. The molecule has 1 fully saturated rings. The van der Waals surface area contributed by atoms with E-state index in [4.69, 9.17) is 4.42 Å². The Bertz CT molecular complexity index is 762. The lowest BCUT2D eigenvalue weighted by molar-refractivity contribution is 0.0909. The van der Waals surface area contributed by atoms with E-state index in [9.17, 15) is 10.1 Å². The predicted molar refractivity (Wildman–Crippen MR) is 94.7 cm³/mol. The molecule has 0 aliphatic carbocycles. The average molecular weight is 340 g/mol. The van der Waals surface area contributed by atoms with Gasteiger partial charge in [0.2, 0.25) is 5.88 Å². The van der Waals surface area contributed by atoms with Crippen molar-refractivity contribution in [1.29, 1.82) is 5.26 Å². The zero-order chi connectivity index (χ0) is 17.8. The zero-order valence-corrected chi connectivity index (χ0v) is 14.8. The van der Waals surface area contributed by atoms with Crippen molar-refractivity contribution in [2.24, 2.45) is 0 Å². The van der Waals surface area contributed by atoms with Crippen molar-refractivity contribution < 1.29 is 9.21 Å². The molecular weight excluding hydrogens is 316 g/mol.